The van der Waals surface area contributed by atoms with E-state index in [9.17, 15) is 13.9 Å². The number of hydrogen-bond acceptors (Lipinski definition) is 3. The van der Waals surface area contributed by atoms with Crippen LogP contribution in [0, 0.1) is 0 Å². The Labute approximate surface area is 97.0 Å². The van der Waals surface area contributed by atoms with Gasteiger partial charge in [-0.25, -0.2) is 8.78 Å². The van der Waals surface area contributed by atoms with Gasteiger partial charge in [0.25, 0.3) is 6.43 Å². The molecule has 0 aliphatic heterocycles. The van der Waals surface area contributed by atoms with Crippen LogP contribution in [0.1, 0.15) is 5.56 Å². The minimum absolute atomic E-state index is 0.177. The fourth-order valence-corrected chi connectivity index (χ4v) is 1.81. The molecule has 17 heavy (non-hydrogen) atoms. The lowest BCUT2D eigenvalue weighted by molar-refractivity contribution is -0.0987. The van der Waals surface area contributed by atoms with E-state index >= 15 is 0 Å². The normalized spacial score (nSPS) is 15.4. The molecule has 1 unspecified atom stereocenters. The van der Waals surface area contributed by atoms with Crippen molar-refractivity contribution < 1.29 is 18.3 Å². The molecule has 92 valence electrons. The van der Waals surface area contributed by atoms with Gasteiger partial charge in [-0.3, -0.25) is 0 Å². The lowest BCUT2D eigenvalue weighted by Gasteiger charge is -2.27. The Hall–Kier alpha value is -1.46. The van der Waals surface area contributed by atoms with Crippen molar-refractivity contribution in [2.45, 2.75) is 12.0 Å². The zero-order chi connectivity index (χ0) is 12.5. The van der Waals surface area contributed by atoms with Gasteiger partial charge in [0.15, 0.2) is 5.60 Å². The van der Waals surface area contributed by atoms with Gasteiger partial charge in [-0.1, -0.05) is 6.07 Å². The molecule has 1 aromatic carbocycles. The van der Waals surface area contributed by atoms with Crippen molar-refractivity contribution >= 4 is 11.0 Å². The van der Waals surface area contributed by atoms with E-state index in [1.165, 1.54) is 25.4 Å². The SMILES string of the molecule is CNCC(O)(c1ccc2occc2c1)C(F)F. The minimum atomic E-state index is -2.86. The lowest BCUT2D eigenvalue weighted by Crippen LogP contribution is -2.43. The molecule has 0 saturated heterocycles. The van der Waals surface area contributed by atoms with Gasteiger partial charge < -0.3 is 14.8 Å². The second kappa shape index (κ2) is 4.43. The predicted molar refractivity (Wildman–Crippen MR) is 60.0 cm³/mol. The second-order valence-corrected chi connectivity index (χ2v) is 3.93. The van der Waals surface area contributed by atoms with Crippen LogP contribution in [0.25, 0.3) is 11.0 Å². The highest BCUT2D eigenvalue weighted by atomic mass is 19.3. The molecule has 5 heteroatoms. The first-order chi connectivity index (χ1) is 8.08. The van der Waals surface area contributed by atoms with E-state index < -0.39 is 12.0 Å². The number of alkyl halides is 2. The van der Waals surface area contributed by atoms with Gasteiger partial charge in [-0.2, -0.15) is 0 Å². The molecule has 0 aliphatic carbocycles. The van der Waals surface area contributed by atoms with Crippen LogP contribution in [-0.2, 0) is 5.60 Å². The summed E-state index contributed by atoms with van der Waals surface area (Å²) in [5.41, 5.74) is -1.40. The van der Waals surface area contributed by atoms with Crippen LogP contribution in [0.3, 0.4) is 0 Å². The number of nitrogens with one attached hydrogen (secondary N) is 1. The molecule has 2 N–H and O–H groups in total. The number of furan rings is 1. The largest absolute Gasteiger partial charge is 0.464 e. The second-order valence-electron chi connectivity index (χ2n) is 3.93. The van der Waals surface area contributed by atoms with Crippen LogP contribution in [-0.4, -0.2) is 25.1 Å². The Balaban J connectivity index is 2.48. The Morgan fingerprint density at radius 1 is 1.41 bits per heavy atom. The maximum Gasteiger partial charge on any atom is 0.272 e. The number of rotatable bonds is 4. The van der Waals surface area contributed by atoms with Crippen LogP contribution in [0.15, 0.2) is 34.9 Å². The van der Waals surface area contributed by atoms with Crippen LogP contribution < -0.4 is 5.32 Å². The average molecular weight is 241 g/mol. The maximum atomic E-state index is 13.0. The van der Waals surface area contributed by atoms with Crippen molar-refractivity contribution in [1.29, 1.82) is 0 Å². The van der Waals surface area contributed by atoms with E-state index in [0.29, 0.717) is 11.0 Å². The molecule has 0 amide bonds. The van der Waals surface area contributed by atoms with Gasteiger partial charge in [0.2, 0.25) is 0 Å². The number of aliphatic hydroxyl groups is 1. The van der Waals surface area contributed by atoms with E-state index in [-0.39, 0.29) is 12.1 Å². The highest BCUT2D eigenvalue weighted by Gasteiger charge is 2.39. The first kappa shape index (κ1) is 12.0. The topological polar surface area (TPSA) is 45.4 Å². The molecule has 0 radical (unpaired) electrons. The van der Waals surface area contributed by atoms with Gasteiger partial charge >= 0.3 is 0 Å². The smallest absolute Gasteiger partial charge is 0.272 e. The summed E-state index contributed by atoms with van der Waals surface area (Å²) in [5, 5.41) is 13.3. The third-order valence-electron chi connectivity index (χ3n) is 2.76. The minimum Gasteiger partial charge on any atom is -0.464 e. The van der Waals surface area contributed by atoms with Crippen LogP contribution in [0.2, 0.25) is 0 Å². The highest BCUT2D eigenvalue weighted by Crippen LogP contribution is 2.30. The Morgan fingerprint density at radius 3 is 2.82 bits per heavy atom. The molecular weight excluding hydrogens is 228 g/mol. The third kappa shape index (κ3) is 2.03. The molecule has 2 aromatic rings. The summed E-state index contributed by atoms with van der Waals surface area (Å²) in [6, 6.07) is 6.22. The average Bonchev–Trinajstić information content (AvgIpc) is 2.75. The zero-order valence-electron chi connectivity index (χ0n) is 9.28. The van der Waals surface area contributed by atoms with Crippen LogP contribution in [0.4, 0.5) is 8.78 Å². The fraction of sp³-hybridized carbons (Fsp3) is 0.333. The number of halogens is 2. The molecule has 2 rings (SSSR count). The number of fused-ring (bicyclic) bond motifs is 1. The summed E-state index contributed by atoms with van der Waals surface area (Å²) >= 11 is 0. The van der Waals surface area contributed by atoms with Gasteiger partial charge in [-0.15, -0.1) is 0 Å². The van der Waals surface area contributed by atoms with Gasteiger partial charge in [0.05, 0.1) is 6.26 Å². The number of hydrogen-bond donors (Lipinski definition) is 2. The first-order valence-electron chi connectivity index (χ1n) is 5.21. The van der Waals surface area contributed by atoms with Gasteiger partial charge in [-0.05, 0) is 30.8 Å². The van der Waals surface area contributed by atoms with E-state index in [2.05, 4.69) is 5.32 Å². The third-order valence-corrected chi connectivity index (χ3v) is 2.76. The summed E-state index contributed by atoms with van der Waals surface area (Å²) in [5.74, 6) is 0. The highest BCUT2D eigenvalue weighted by molar-refractivity contribution is 5.78. The lowest BCUT2D eigenvalue weighted by atomic mass is 9.93. The number of likely N-dealkylation sites (N-methyl/N-ethyl adjacent to an activating group) is 1. The number of benzene rings is 1. The fourth-order valence-electron chi connectivity index (χ4n) is 1.81. The summed E-state index contributed by atoms with van der Waals surface area (Å²) < 4.78 is 31.1. The summed E-state index contributed by atoms with van der Waals surface area (Å²) in [7, 11) is 1.52. The molecule has 0 aliphatic rings. The Bertz CT molecular complexity index is 512. The molecular formula is C12H13F2NO2. The predicted octanol–water partition coefficient (Wildman–Crippen LogP) is 2.10. The molecule has 1 atom stereocenters. The van der Waals surface area contributed by atoms with Crippen LogP contribution >= 0.6 is 0 Å². The quantitative estimate of drug-likeness (QED) is 0.861. The van der Waals surface area contributed by atoms with Crippen LogP contribution in [0.5, 0.6) is 0 Å². The van der Waals surface area contributed by atoms with Crippen molar-refractivity contribution in [2.24, 2.45) is 0 Å². The molecule has 3 nitrogen and oxygen atoms in total. The van der Waals surface area contributed by atoms with Gasteiger partial charge in [0, 0.05) is 11.9 Å². The molecule has 0 spiro atoms. The van der Waals surface area contributed by atoms with Crippen molar-refractivity contribution in [2.75, 3.05) is 13.6 Å². The van der Waals surface area contributed by atoms with E-state index in [0.717, 1.165) is 0 Å². The van der Waals surface area contributed by atoms with E-state index in [4.69, 9.17) is 4.42 Å². The van der Waals surface area contributed by atoms with E-state index in [1.54, 1.807) is 12.1 Å². The van der Waals surface area contributed by atoms with Crippen molar-refractivity contribution in [3.05, 3.63) is 36.1 Å². The molecule has 1 heterocycles. The maximum absolute atomic E-state index is 13.0. The molecule has 0 saturated carbocycles. The summed E-state index contributed by atoms with van der Waals surface area (Å²) in [6.45, 7) is -0.214. The molecule has 0 bridgehead atoms. The zero-order valence-corrected chi connectivity index (χ0v) is 9.28. The Kier molecular flexibility index (Phi) is 3.13. The molecule has 1 aromatic heterocycles. The van der Waals surface area contributed by atoms with E-state index in [1.807, 2.05) is 0 Å². The molecule has 0 fully saturated rings. The van der Waals surface area contributed by atoms with Crippen molar-refractivity contribution in [3.63, 3.8) is 0 Å². The standard InChI is InChI=1S/C12H13F2NO2/c1-15-7-12(16,11(13)14)9-2-3-10-8(6-9)4-5-17-10/h2-6,11,15-16H,7H2,1H3. The first-order valence-corrected chi connectivity index (χ1v) is 5.21. The Morgan fingerprint density at radius 2 is 2.18 bits per heavy atom. The monoisotopic (exact) mass is 241 g/mol. The summed E-state index contributed by atoms with van der Waals surface area (Å²) in [4.78, 5) is 0. The van der Waals surface area contributed by atoms with Crippen molar-refractivity contribution in [3.8, 4) is 0 Å². The van der Waals surface area contributed by atoms with Gasteiger partial charge in [0.1, 0.15) is 5.58 Å². The van der Waals surface area contributed by atoms with Crippen molar-refractivity contribution in [1.82, 2.24) is 5.32 Å². The summed E-state index contributed by atoms with van der Waals surface area (Å²) in [6.07, 6.45) is -1.38.